The SMILES string of the molecule is CNCC(C)C(C)c1cc2cc(C)ccc2o1. The Kier molecular flexibility index (Phi) is 3.53. The Morgan fingerprint density at radius 3 is 2.71 bits per heavy atom. The summed E-state index contributed by atoms with van der Waals surface area (Å²) in [4.78, 5) is 0. The molecule has 2 atom stereocenters. The summed E-state index contributed by atoms with van der Waals surface area (Å²) in [6.45, 7) is 7.60. The third kappa shape index (κ3) is 2.52. The van der Waals surface area contributed by atoms with Gasteiger partial charge < -0.3 is 9.73 Å². The van der Waals surface area contributed by atoms with Crippen LogP contribution in [0.4, 0.5) is 0 Å². The topological polar surface area (TPSA) is 25.2 Å². The number of furan rings is 1. The van der Waals surface area contributed by atoms with E-state index >= 15 is 0 Å². The summed E-state index contributed by atoms with van der Waals surface area (Å²) < 4.78 is 5.92. The number of hydrogen-bond donors (Lipinski definition) is 1. The van der Waals surface area contributed by atoms with E-state index in [0.717, 1.165) is 17.9 Å². The Hall–Kier alpha value is -1.28. The summed E-state index contributed by atoms with van der Waals surface area (Å²) in [6.07, 6.45) is 0. The van der Waals surface area contributed by atoms with Crippen LogP contribution in [0.5, 0.6) is 0 Å². The van der Waals surface area contributed by atoms with Gasteiger partial charge in [-0.25, -0.2) is 0 Å². The molecule has 0 spiro atoms. The van der Waals surface area contributed by atoms with Crippen LogP contribution in [-0.2, 0) is 0 Å². The molecule has 0 bridgehead atoms. The zero-order valence-corrected chi connectivity index (χ0v) is 11.1. The maximum atomic E-state index is 5.92. The first kappa shape index (κ1) is 12.2. The second-order valence-electron chi connectivity index (χ2n) is 5.01. The second kappa shape index (κ2) is 4.92. The van der Waals surface area contributed by atoms with Gasteiger partial charge in [-0.05, 0) is 44.6 Å². The highest BCUT2D eigenvalue weighted by Gasteiger charge is 2.17. The lowest BCUT2D eigenvalue weighted by Crippen LogP contribution is -2.20. The van der Waals surface area contributed by atoms with Crippen molar-refractivity contribution in [2.45, 2.75) is 26.7 Å². The molecule has 17 heavy (non-hydrogen) atoms. The molecule has 0 aliphatic rings. The maximum Gasteiger partial charge on any atom is 0.134 e. The molecule has 2 nitrogen and oxygen atoms in total. The largest absolute Gasteiger partial charge is 0.461 e. The summed E-state index contributed by atoms with van der Waals surface area (Å²) in [5.41, 5.74) is 2.27. The van der Waals surface area contributed by atoms with Crippen LogP contribution in [0.15, 0.2) is 28.7 Å². The molecule has 0 aliphatic heterocycles. The number of benzene rings is 1. The number of aryl methyl sites for hydroxylation is 1. The van der Waals surface area contributed by atoms with E-state index in [1.165, 1.54) is 10.9 Å². The molecular weight excluding hydrogens is 210 g/mol. The van der Waals surface area contributed by atoms with Gasteiger partial charge in [0.2, 0.25) is 0 Å². The predicted molar refractivity (Wildman–Crippen MR) is 72.5 cm³/mol. The molecular formula is C15H21NO. The molecule has 2 unspecified atom stereocenters. The highest BCUT2D eigenvalue weighted by Crippen LogP contribution is 2.29. The van der Waals surface area contributed by atoms with Crippen molar-refractivity contribution in [3.63, 3.8) is 0 Å². The predicted octanol–water partition coefficient (Wildman–Crippen LogP) is 3.70. The molecule has 1 aromatic carbocycles. The standard InChI is InChI=1S/C15H21NO/c1-10-5-6-14-13(7-10)8-15(17-14)12(3)11(2)9-16-4/h5-8,11-12,16H,9H2,1-4H3. The van der Waals surface area contributed by atoms with Gasteiger partial charge in [0.25, 0.3) is 0 Å². The lowest BCUT2D eigenvalue weighted by atomic mass is 9.93. The van der Waals surface area contributed by atoms with Crippen molar-refractivity contribution < 1.29 is 4.42 Å². The fourth-order valence-corrected chi connectivity index (χ4v) is 2.19. The number of fused-ring (bicyclic) bond motifs is 1. The van der Waals surface area contributed by atoms with Crippen LogP contribution in [0.2, 0.25) is 0 Å². The smallest absolute Gasteiger partial charge is 0.134 e. The van der Waals surface area contributed by atoms with Crippen LogP contribution in [0.25, 0.3) is 11.0 Å². The number of hydrogen-bond acceptors (Lipinski definition) is 2. The van der Waals surface area contributed by atoms with Crippen molar-refractivity contribution in [1.82, 2.24) is 5.32 Å². The molecule has 1 N–H and O–H groups in total. The maximum absolute atomic E-state index is 5.92. The van der Waals surface area contributed by atoms with E-state index in [2.05, 4.69) is 50.4 Å². The van der Waals surface area contributed by atoms with Crippen LogP contribution < -0.4 is 5.32 Å². The zero-order chi connectivity index (χ0) is 12.4. The first-order valence-corrected chi connectivity index (χ1v) is 6.26. The first-order valence-electron chi connectivity index (χ1n) is 6.26. The van der Waals surface area contributed by atoms with Crippen LogP contribution >= 0.6 is 0 Å². The summed E-state index contributed by atoms with van der Waals surface area (Å²) >= 11 is 0. The molecule has 2 heteroatoms. The third-order valence-electron chi connectivity index (χ3n) is 3.52. The van der Waals surface area contributed by atoms with Crippen molar-refractivity contribution in [1.29, 1.82) is 0 Å². The summed E-state index contributed by atoms with van der Waals surface area (Å²) in [7, 11) is 1.99. The van der Waals surface area contributed by atoms with E-state index in [1.807, 2.05) is 7.05 Å². The lowest BCUT2D eigenvalue weighted by Gasteiger charge is -2.16. The number of rotatable bonds is 4. The van der Waals surface area contributed by atoms with Crippen molar-refractivity contribution in [3.8, 4) is 0 Å². The van der Waals surface area contributed by atoms with Crippen molar-refractivity contribution >= 4 is 11.0 Å². The fraction of sp³-hybridized carbons (Fsp3) is 0.467. The van der Waals surface area contributed by atoms with Gasteiger partial charge in [0.05, 0.1) is 0 Å². The van der Waals surface area contributed by atoms with Gasteiger partial charge in [-0.1, -0.05) is 25.5 Å². The molecule has 0 saturated carbocycles. The van der Waals surface area contributed by atoms with E-state index in [1.54, 1.807) is 0 Å². The summed E-state index contributed by atoms with van der Waals surface area (Å²) in [5.74, 6) is 2.10. The van der Waals surface area contributed by atoms with E-state index in [9.17, 15) is 0 Å². The average Bonchev–Trinajstić information content (AvgIpc) is 2.71. The van der Waals surface area contributed by atoms with E-state index in [4.69, 9.17) is 4.42 Å². The van der Waals surface area contributed by atoms with Crippen LogP contribution in [-0.4, -0.2) is 13.6 Å². The Morgan fingerprint density at radius 1 is 1.24 bits per heavy atom. The second-order valence-corrected chi connectivity index (χ2v) is 5.01. The monoisotopic (exact) mass is 231 g/mol. The minimum atomic E-state index is 0.440. The van der Waals surface area contributed by atoms with Gasteiger partial charge in [-0.2, -0.15) is 0 Å². The summed E-state index contributed by atoms with van der Waals surface area (Å²) in [5, 5.41) is 4.43. The van der Waals surface area contributed by atoms with Crippen LogP contribution in [0.1, 0.15) is 31.1 Å². The molecule has 1 heterocycles. The molecule has 0 saturated heterocycles. The highest BCUT2D eigenvalue weighted by molar-refractivity contribution is 5.78. The van der Waals surface area contributed by atoms with Crippen molar-refractivity contribution in [3.05, 3.63) is 35.6 Å². The quantitative estimate of drug-likeness (QED) is 0.868. The minimum absolute atomic E-state index is 0.440. The van der Waals surface area contributed by atoms with Gasteiger partial charge in [0.15, 0.2) is 0 Å². The molecule has 1 aromatic heterocycles. The fourth-order valence-electron chi connectivity index (χ4n) is 2.19. The van der Waals surface area contributed by atoms with Crippen molar-refractivity contribution in [2.75, 3.05) is 13.6 Å². The lowest BCUT2D eigenvalue weighted by molar-refractivity contribution is 0.400. The van der Waals surface area contributed by atoms with Gasteiger partial charge in [0.1, 0.15) is 11.3 Å². The molecule has 0 amide bonds. The third-order valence-corrected chi connectivity index (χ3v) is 3.52. The minimum Gasteiger partial charge on any atom is -0.461 e. The van der Waals surface area contributed by atoms with Gasteiger partial charge in [-0.15, -0.1) is 0 Å². The van der Waals surface area contributed by atoms with Gasteiger partial charge in [0, 0.05) is 11.3 Å². The zero-order valence-electron chi connectivity index (χ0n) is 11.1. The Morgan fingerprint density at radius 2 is 2.00 bits per heavy atom. The van der Waals surface area contributed by atoms with Crippen LogP contribution in [0, 0.1) is 12.8 Å². The Balaban J connectivity index is 2.29. The Labute approximate surface area is 103 Å². The van der Waals surface area contributed by atoms with E-state index < -0.39 is 0 Å². The van der Waals surface area contributed by atoms with E-state index in [0.29, 0.717) is 11.8 Å². The van der Waals surface area contributed by atoms with Gasteiger partial charge >= 0.3 is 0 Å². The molecule has 2 rings (SSSR count). The molecule has 0 radical (unpaired) electrons. The highest BCUT2D eigenvalue weighted by atomic mass is 16.3. The Bertz CT molecular complexity index is 501. The normalized spacial score (nSPS) is 15.1. The molecule has 2 aromatic rings. The molecule has 0 aliphatic carbocycles. The average molecular weight is 231 g/mol. The van der Waals surface area contributed by atoms with Gasteiger partial charge in [-0.3, -0.25) is 0 Å². The van der Waals surface area contributed by atoms with E-state index in [-0.39, 0.29) is 0 Å². The van der Waals surface area contributed by atoms with Crippen molar-refractivity contribution in [2.24, 2.45) is 5.92 Å². The summed E-state index contributed by atoms with van der Waals surface area (Å²) in [6, 6.07) is 8.51. The molecule has 0 fully saturated rings. The van der Waals surface area contributed by atoms with Crippen LogP contribution in [0.3, 0.4) is 0 Å². The molecule has 92 valence electrons. The number of nitrogens with one attached hydrogen (secondary N) is 1. The first-order chi connectivity index (χ1) is 8.11.